The molecule has 0 aliphatic rings. The third-order valence-electron chi connectivity index (χ3n) is 4.73. The Morgan fingerprint density at radius 3 is 1.52 bits per heavy atom. The highest BCUT2D eigenvalue weighted by atomic mass is 31.2. The van der Waals surface area contributed by atoms with Crippen LogP contribution in [-0.2, 0) is 18.8 Å². The van der Waals surface area contributed by atoms with Crippen LogP contribution < -0.4 is 15.9 Å². The van der Waals surface area contributed by atoms with E-state index in [0.717, 1.165) is 22.5 Å². The summed E-state index contributed by atoms with van der Waals surface area (Å²) >= 11 is 0. The van der Waals surface area contributed by atoms with Crippen molar-refractivity contribution in [3.63, 3.8) is 0 Å². The minimum atomic E-state index is -2.88. The lowest BCUT2D eigenvalue weighted by molar-refractivity contribution is -0.162. The lowest BCUT2D eigenvalue weighted by Gasteiger charge is -2.24. The van der Waals surface area contributed by atoms with Gasteiger partial charge in [0.2, 0.25) is 0 Å². The number of esters is 1. The van der Waals surface area contributed by atoms with Crippen LogP contribution in [0.15, 0.2) is 91.0 Å². The van der Waals surface area contributed by atoms with E-state index in [1.54, 1.807) is 0 Å². The monoisotopic (exact) mass is 436 g/mol. The minimum absolute atomic E-state index is 0.166. The quantitative estimate of drug-likeness (QED) is 0.235. The van der Waals surface area contributed by atoms with Gasteiger partial charge in [0.1, 0.15) is 15.9 Å². The van der Waals surface area contributed by atoms with Gasteiger partial charge in [-0.1, -0.05) is 54.6 Å². The first kappa shape index (κ1) is 22.7. The standard InChI is InChI=1S/C25H27NO4P/c1-26(2)19-12-20-29-24(27)25(28)30-31(21-13-6-3-7-14-21,22-15-8-4-9-16-22)23-17-10-5-11-18-23/h3-11,13-18H,12,19-20H2,1-2H3/q+1. The molecule has 0 aliphatic carbocycles. The van der Waals surface area contributed by atoms with E-state index in [0.29, 0.717) is 6.42 Å². The molecule has 5 nitrogen and oxygen atoms in total. The van der Waals surface area contributed by atoms with Gasteiger partial charge in [-0.15, -0.1) is 0 Å². The van der Waals surface area contributed by atoms with Crippen molar-refractivity contribution in [1.29, 1.82) is 0 Å². The zero-order chi connectivity index (χ0) is 22.1. The number of ether oxygens (including phenoxy) is 1. The molecule has 0 aliphatic heterocycles. The summed E-state index contributed by atoms with van der Waals surface area (Å²) in [4.78, 5) is 27.4. The van der Waals surface area contributed by atoms with Crippen LogP contribution in [0.1, 0.15) is 6.42 Å². The number of hydrogen-bond acceptors (Lipinski definition) is 5. The van der Waals surface area contributed by atoms with Crippen molar-refractivity contribution in [2.24, 2.45) is 0 Å². The van der Waals surface area contributed by atoms with Gasteiger partial charge in [0.25, 0.3) is 7.49 Å². The second kappa shape index (κ2) is 10.9. The van der Waals surface area contributed by atoms with Crippen LogP contribution in [0, 0.1) is 0 Å². The molecule has 0 atom stereocenters. The molecule has 0 radical (unpaired) electrons. The summed E-state index contributed by atoms with van der Waals surface area (Å²) in [6.45, 7) is 0.927. The van der Waals surface area contributed by atoms with Crippen LogP contribution >= 0.6 is 7.49 Å². The fourth-order valence-corrected chi connectivity index (χ4v) is 6.60. The van der Waals surface area contributed by atoms with Gasteiger partial charge < -0.3 is 9.64 Å². The first-order valence-corrected chi connectivity index (χ1v) is 11.9. The zero-order valence-corrected chi connectivity index (χ0v) is 18.7. The zero-order valence-electron chi connectivity index (χ0n) is 17.8. The second-order valence-electron chi connectivity index (χ2n) is 7.29. The molecule has 3 aromatic rings. The molecule has 0 saturated heterocycles. The van der Waals surface area contributed by atoms with Crippen LogP contribution in [0.2, 0.25) is 0 Å². The first-order valence-electron chi connectivity index (χ1n) is 10.2. The van der Waals surface area contributed by atoms with Gasteiger partial charge in [0, 0.05) is 6.54 Å². The fourth-order valence-electron chi connectivity index (χ4n) is 3.29. The van der Waals surface area contributed by atoms with Crippen molar-refractivity contribution < 1.29 is 18.8 Å². The Morgan fingerprint density at radius 2 is 1.13 bits per heavy atom. The first-order chi connectivity index (χ1) is 15.0. The Labute approximate surface area is 184 Å². The lowest BCUT2D eigenvalue weighted by Crippen LogP contribution is -2.36. The Balaban J connectivity index is 1.98. The summed E-state index contributed by atoms with van der Waals surface area (Å²) in [6.07, 6.45) is 0.641. The summed E-state index contributed by atoms with van der Waals surface area (Å²) in [5, 5.41) is 2.54. The van der Waals surface area contributed by atoms with Crippen molar-refractivity contribution in [3.05, 3.63) is 91.0 Å². The second-order valence-corrected chi connectivity index (χ2v) is 10.2. The van der Waals surface area contributed by atoms with E-state index < -0.39 is 19.4 Å². The molecule has 6 heteroatoms. The third-order valence-corrected chi connectivity index (χ3v) is 8.24. The van der Waals surface area contributed by atoms with Crippen LogP contribution in [-0.4, -0.2) is 44.1 Å². The molecule has 0 unspecified atom stereocenters. The molecule has 160 valence electrons. The molecule has 31 heavy (non-hydrogen) atoms. The molecule has 0 spiro atoms. The molecular formula is C25H27NO4P+. The number of benzene rings is 3. The van der Waals surface area contributed by atoms with Crippen molar-refractivity contribution in [1.82, 2.24) is 4.90 Å². The van der Waals surface area contributed by atoms with Crippen LogP contribution in [0.4, 0.5) is 0 Å². The van der Waals surface area contributed by atoms with Crippen LogP contribution in [0.25, 0.3) is 0 Å². The number of hydrogen-bond donors (Lipinski definition) is 0. The number of rotatable bonds is 8. The number of carbonyl (C=O) groups excluding carboxylic acids is 2. The minimum Gasteiger partial charge on any atom is -0.457 e. The largest absolute Gasteiger partial charge is 0.459 e. The molecule has 0 bridgehead atoms. The summed E-state index contributed by atoms with van der Waals surface area (Å²) in [5.74, 6) is -1.94. The van der Waals surface area contributed by atoms with E-state index in [1.165, 1.54) is 0 Å². The Kier molecular flexibility index (Phi) is 7.94. The maximum Gasteiger partial charge on any atom is 0.459 e. The molecular weight excluding hydrogens is 409 g/mol. The van der Waals surface area contributed by atoms with E-state index in [4.69, 9.17) is 9.26 Å². The number of carbonyl (C=O) groups is 2. The third kappa shape index (κ3) is 5.57. The maximum absolute atomic E-state index is 12.9. The highest BCUT2D eigenvalue weighted by Gasteiger charge is 2.52. The van der Waals surface area contributed by atoms with E-state index in [2.05, 4.69) is 0 Å². The average molecular weight is 436 g/mol. The molecule has 0 heterocycles. The van der Waals surface area contributed by atoms with Crippen molar-refractivity contribution in [2.45, 2.75) is 6.42 Å². The Hall–Kier alpha value is -3.01. The van der Waals surface area contributed by atoms with E-state index in [1.807, 2.05) is 110 Å². The van der Waals surface area contributed by atoms with Crippen molar-refractivity contribution in [2.75, 3.05) is 27.2 Å². The van der Waals surface area contributed by atoms with E-state index in [-0.39, 0.29) is 6.61 Å². The van der Waals surface area contributed by atoms with Gasteiger partial charge in [-0.3, -0.25) is 4.52 Å². The van der Waals surface area contributed by atoms with Gasteiger partial charge in [0.05, 0.1) is 6.61 Å². The van der Waals surface area contributed by atoms with Gasteiger partial charge in [-0.05, 0) is 56.9 Å². The molecule has 0 N–H and O–H groups in total. The topological polar surface area (TPSA) is 55.8 Å². The van der Waals surface area contributed by atoms with Crippen molar-refractivity contribution >= 4 is 35.3 Å². The highest BCUT2D eigenvalue weighted by molar-refractivity contribution is 7.92. The van der Waals surface area contributed by atoms with Crippen LogP contribution in [0.3, 0.4) is 0 Å². The molecule has 0 aromatic heterocycles. The molecule has 3 aromatic carbocycles. The fraction of sp³-hybridized carbons (Fsp3) is 0.200. The Bertz CT molecular complexity index is 882. The van der Waals surface area contributed by atoms with E-state index in [9.17, 15) is 9.59 Å². The van der Waals surface area contributed by atoms with Crippen LogP contribution in [0.5, 0.6) is 0 Å². The van der Waals surface area contributed by atoms with Gasteiger partial charge in [-0.2, -0.15) is 0 Å². The predicted octanol–water partition coefficient (Wildman–Crippen LogP) is 2.93. The summed E-state index contributed by atoms with van der Waals surface area (Å²) in [7, 11) is 1.00. The summed E-state index contributed by atoms with van der Waals surface area (Å²) < 4.78 is 11.3. The SMILES string of the molecule is CN(C)CCCOC(=O)C(=O)O[P+](c1ccccc1)(c1ccccc1)c1ccccc1. The smallest absolute Gasteiger partial charge is 0.457 e. The summed E-state index contributed by atoms with van der Waals surface area (Å²) in [5.41, 5.74) is 0. The average Bonchev–Trinajstić information content (AvgIpc) is 2.81. The Morgan fingerprint density at radius 1 is 0.710 bits per heavy atom. The maximum atomic E-state index is 12.9. The lowest BCUT2D eigenvalue weighted by atomic mass is 10.4. The molecule has 0 saturated carbocycles. The molecule has 0 fully saturated rings. The highest BCUT2D eigenvalue weighted by Crippen LogP contribution is 2.56. The normalized spacial score (nSPS) is 11.2. The van der Waals surface area contributed by atoms with Gasteiger partial charge in [-0.25, -0.2) is 9.59 Å². The molecule has 3 rings (SSSR count). The van der Waals surface area contributed by atoms with Gasteiger partial charge >= 0.3 is 11.9 Å². The predicted molar refractivity (Wildman–Crippen MR) is 125 cm³/mol. The number of nitrogens with zero attached hydrogens (tertiary/aromatic N) is 1. The molecule has 0 amide bonds. The van der Waals surface area contributed by atoms with E-state index >= 15 is 0 Å². The van der Waals surface area contributed by atoms with Crippen molar-refractivity contribution in [3.8, 4) is 0 Å². The summed E-state index contributed by atoms with van der Waals surface area (Å²) in [6, 6.07) is 28.8. The van der Waals surface area contributed by atoms with Gasteiger partial charge in [0.15, 0.2) is 0 Å².